The molecule has 28 heavy (non-hydrogen) atoms. The van der Waals surface area contributed by atoms with Gasteiger partial charge in [-0.3, -0.25) is 4.79 Å². The molecule has 4 rings (SSSR count). The predicted molar refractivity (Wildman–Crippen MR) is 104 cm³/mol. The number of carbonyl (C=O) groups excluding carboxylic acids is 1. The van der Waals surface area contributed by atoms with Crippen LogP contribution in [-0.4, -0.2) is 67.4 Å². The van der Waals surface area contributed by atoms with Crippen molar-refractivity contribution in [3.05, 3.63) is 41.5 Å². The summed E-state index contributed by atoms with van der Waals surface area (Å²) in [6.07, 6.45) is 0. The monoisotopic (exact) mass is 385 g/mol. The second kappa shape index (κ2) is 8.28. The standard InChI is InChI=1S/C20H27N5O3/c1-14-22-19(28-23-14)17-11-21-12-18(17)20(26)24(2)13-15-3-5-16(6-4-15)25-7-9-27-10-8-25/h3-6,17-18,21H,7-13H2,1-2H3/t17-,18-/m1/s1. The van der Waals surface area contributed by atoms with Crippen LogP contribution in [0.2, 0.25) is 0 Å². The molecular weight excluding hydrogens is 358 g/mol. The van der Waals surface area contributed by atoms with E-state index in [0.717, 1.165) is 31.9 Å². The lowest BCUT2D eigenvalue weighted by atomic mass is 9.94. The van der Waals surface area contributed by atoms with E-state index in [1.165, 1.54) is 5.69 Å². The first kappa shape index (κ1) is 18.9. The Hall–Kier alpha value is -2.45. The van der Waals surface area contributed by atoms with Crippen molar-refractivity contribution in [2.24, 2.45) is 5.92 Å². The fourth-order valence-corrected chi connectivity index (χ4v) is 3.93. The van der Waals surface area contributed by atoms with Crippen LogP contribution in [0, 0.1) is 12.8 Å². The number of rotatable bonds is 5. The normalized spacial score (nSPS) is 22.4. The Labute approximate surface area is 164 Å². The molecule has 150 valence electrons. The fourth-order valence-electron chi connectivity index (χ4n) is 3.93. The third-order valence-corrected chi connectivity index (χ3v) is 5.50. The van der Waals surface area contributed by atoms with E-state index in [1.54, 1.807) is 11.8 Å². The van der Waals surface area contributed by atoms with Gasteiger partial charge in [0.1, 0.15) is 0 Å². The van der Waals surface area contributed by atoms with Crippen LogP contribution in [0.1, 0.15) is 23.2 Å². The third kappa shape index (κ3) is 4.02. The molecule has 2 saturated heterocycles. The molecule has 8 heteroatoms. The van der Waals surface area contributed by atoms with Crippen LogP contribution in [0.4, 0.5) is 5.69 Å². The van der Waals surface area contributed by atoms with E-state index < -0.39 is 0 Å². The SMILES string of the molecule is Cc1noc([C@@H]2CNC[C@H]2C(=O)N(C)Cc2ccc(N3CCOCC3)cc2)n1. The molecule has 1 N–H and O–H groups in total. The highest BCUT2D eigenvalue weighted by Gasteiger charge is 2.38. The minimum Gasteiger partial charge on any atom is -0.378 e. The summed E-state index contributed by atoms with van der Waals surface area (Å²) in [5, 5.41) is 7.15. The molecule has 3 heterocycles. The highest BCUT2D eigenvalue weighted by Crippen LogP contribution is 2.29. The first-order valence-electron chi connectivity index (χ1n) is 9.79. The number of aromatic nitrogens is 2. The molecular formula is C20H27N5O3. The number of aryl methyl sites for hydroxylation is 1. The number of nitrogens with one attached hydrogen (secondary N) is 1. The summed E-state index contributed by atoms with van der Waals surface area (Å²) in [6.45, 7) is 7.06. The Morgan fingerprint density at radius 3 is 2.68 bits per heavy atom. The summed E-state index contributed by atoms with van der Waals surface area (Å²) in [4.78, 5) is 21.5. The molecule has 1 aromatic carbocycles. The minimum atomic E-state index is -0.183. The topological polar surface area (TPSA) is 83.7 Å². The second-order valence-corrected chi connectivity index (χ2v) is 7.51. The zero-order chi connectivity index (χ0) is 19.5. The third-order valence-electron chi connectivity index (χ3n) is 5.50. The van der Waals surface area contributed by atoms with Crippen molar-refractivity contribution in [3.63, 3.8) is 0 Å². The van der Waals surface area contributed by atoms with E-state index in [-0.39, 0.29) is 17.7 Å². The maximum absolute atomic E-state index is 13.0. The highest BCUT2D eigenvalue weighted by molar-refractivity contribution is 5.80. The van der Waals surface area contributed by atoms with Gasteiger partial charge in [0.2, 0.25) is 11.8 Å². The Kier molecular flexibility index (Phi) is 5.59. The van der Waals surface area contributed by atoms with Gasteiger partial charge >= 0.3 is 0 Å². The van der Waals surface area contributed by atoms with Gasteiger partial charge in [-0.15, -0.1) is 0 Å². The lowest BCUT2D eigenvalue weighted by Gasteiger charge is -2.29. The average Bonchev–Trinajstić information content (AvgIpc) is 3.37. The Bertz CT molecular complexity index is 800. The maximum atomic E-state index is 13.0. The van der Waals surface area contributed by atoms with Crippen molar-refractivity contribution in [3.8, 4) is 0 Å². The molecule has 0 aliphatic carbocycles. The number of morpholine rings is 1. The van der Waals surface area contributed by atoms with Crippen LogP contribution in [0.25, 0.3) is 0 Å². The summed E-state index contributed by atoms with van der Waals surface area (Å²) in [5.41, 5.74) is 2.32. The van der Waals surface area contributed by atoms with Crippen molar-refractivity contribution in [2.45, 2.75) is 19.4 Å². The molecule has 2 atom stereocenters. The Morgan fingerprint density at radius 2 is 2.00 bits per heavy atom. The minimum absolute atomic E-state index is 0.0696. The van der Waals surface area contributed by atoms with Crippen LogP contribution in [0.15, 0.2) is 28.8 Å². The Balaban J connectivity index is 1.38. The lowest BCUT2D eigenvalue weighted by Crippen LogP contribution is -2.36. The summed E-state index contributed by atoms with van der Waals surface area (Å²) in [6, 6.07) is 8.45. The van der Waals surface area contributed by atoms with Crippen LogP contribution >= 0.6 is 0 Å². The summed E-state index contributed by atoms with van der Waals surface area (Å²) < 4.78 is 10.7. The molecule has 8 nitrogen and oxygen atoms in total. The van der Waals surface area contributed by atoms with Gasteiger partial charge in [-0.2, -0.15) is 4.98 Å². The molecule has 0 bridgehead atoms. The van der Waals surface area contributed by atoms with Gasteiger partial charge in [0.25, 0.3) is 0 Å². The van der Waals surface area contributed by atoms with E-state index in [2.05, 4.69) is 44.6 Å². The summed E-state index contributed by atoms with van der Waals surface area (Å²) >= 11 is 0. The number of anilines is 1. The number of benzene rings is 1. The van der Waals surface area contributed by atoms with Crippen molar-refractivity contribution in [1.82, 2.24) is 20.4 Å². The molecule has 0 unspecified atom stereocenters. The van der Waals surface area contributed by atoms with Gasteiger partial charge in [0.05, 0.1) is 25.0 Å². The van der Waals surface area contributed by atoms with Crippen molar-refractivity contribution < 1.29 is 14.1 Å². The molecule has 2 aliphatic rings. The molecule has 0 radical (unpaired) electrons. The highest BCUT2D eigenvalue weighted by atomic mass is 16.5. The van der Waals surface area contributed by atoms with E-state index in [9.17, 15) is 4.79 Å². The number of ether oxygens (including phenoxy) is 1. The van der Waals surface area contributed by atoms with Crippen molar-refractivity contribution in [1.29, 1.82) is 0 Å². The van der Waals surface area contributed by atoms with Crippen LogP contribution in [0.5, 0.6) is 0 Å². The molecule has 0 saturated carbocycles. The van der Waals surface area contributed by atoms with E-state index in [0.29, 0.717) is 31.3 Å². The number of hydrogen-bond acceptors (Lipinski definition) is 7. The van der Waals surface area contributed by atoms with Gasteiger partial charge < -0.3 is 24.4 Å². The average molecular weight is 385 g/mol. The van der Waals surface area contributed by atoms with Crippen molar-refractivity contribution in [2.75, 3.05) is 51.3 Å². The number of carbonyl (C=O) groups is 1. The lowest BCUT2D eigenvalue weighted by molar-refractivity contribution is -0.134. The largest absolute Gasteiger partial charge is 0.378 e. The predicted octanol–water partition coefficient (Wildman–Crippen LogP) is 1.18. The molecule has 1 amide bonds. The van der Waals surface area contributed by atoms with E-state index in [4.69, 9.17) is 9.26 Å². The molecule has 1 aromatic heterocycles. The zero-order valence-electron chi connectivity index (χ0n) is 16.4. The number of nitrogens with zero attached hydrogens (tertiary/aromatic N) is 4. The van der Waals surface area contributed by atoms with Crippen LogP contribution in [0.3, 0.4) is 0 Å². The smallest absolute Gasteiger partial charge is 0.231 e. The fraction of sp³-hybridized carbons (Fsp3) is 0.550. The first-order chi connectivity index (χ1) is 13.6. The molecule has 0 spiro atoms. The van der Waals surface area contributed by atoms with E-state index in [1.807, 2.05) is 7.05 Å². The van der Waals surface area contributed by atoms with Gasteiger partial charge in [-0.1, -0.05) is 17.3 Å². The van der Waals surface area contributed by atoms with Gasteiger partial charge in [-0.25, -0.2) is 0 Å². The van der Waals surface area contributed by atoms with Gasteiger partial charge in [0.15, 0.2) is 5.82 Å². The van der Waals surface area contributed by atoms with Gasteiger partial charge in [0, 0.05) is 45.5 Å². The molecule has 2 aliphatic heterocycles. The van der Waals surface area contributed by atoms with E-state index >= 15 is 0 Å². The summed E-state index contributed by atoms with van der Waals surface area (Å²) in [5.74, 6) is 0.992. The quantitative estimate of drug-likeness (QED) is 0.827. The first-order valence-corrected chi connectivity index (χ1v) is 9.79. The van der Waals surface area contributed by atoms with Gasteiger partial charge in [-0.05, 0) is 24.6 Å². The van der Waals surface area contributed by atoms with Crippen LogP contribution < -0.4 is 10.2 Å². The number of hydrogen-bond donors (Lipinski definition) is 1. The Morgan fingerprint density at radius 1 is 1.25 bits per heavy atom. The maximum Gasteiger partial charge on any atom is 0.231 e. The van der Waals surface area contributed by atoms with Crippen LogP contribution in [-0.2, 0) is 16.1 Å². The van der Waals surface area contributed by atoms with Crippen molar-refractivity contribution >= 4 is 11.6 Å². The second-order valence-electron chi connectivity index (χ2n) is 7.51. The summed E-state index contributed by atoms with van der Waals surface area (Å²) in [7, 11) is 1.85. The number of amides is 1. The molecule has 2 fully saturated rings. The molecule has 2 aromatic rings. The zero-order valence-corrected chi connectivity index (χ0v) is 16.4.